The number of benzene rings is 1. The van der Waals surface area contributed by atoms with Crippen molar-refractivity contribution < 1.29 is 0 Å². The van der Waals surface area contributed by atoms with Crippen LogP contribution in [0.2, 0.25) is 0 Å². The molecule has 1 aromatic heterocycles. The fourth-order valence-corrected chi connectivity index (χ4v) is 2.38. The van der Waals surface area contributed by atoms with Gasteiger partial charge in [-0.2, -0.15) is 5.10 Å². The van der Waals surface area contributed by atoms with E-state index in [0.717, 1.165) is 18.6 Å². The number of nitrogens with one attached hydrogen (secondary N) is 1. The molecule has 0 spiro atoms. The zero-order chi connectivity index (χ0) is 14.7. The molecule has 0 aliphatic heterocycles. The quantitative estimate of drug-likeness (QED) is 0.642. The molecule has 3 nitrogen and oxygen atoms in total. The van der Waals surface area contributed by atoms with Crippen LogP contribution in [0, 0.1) is 0 Å². The molecule has 0 atom stereocenters. The van der Waals surface area contributed by atoms with E-state index in [1.54, 1.807) is 0 Å². The van der Waals surface area contributed by atoms with Gasteiger partial charge in [0.25, 0.3) is 0 Å². The van der Waals surface area contributed by atoms with Gasteiger partial charge in [-0.15, -0.1) is 0 Å². The van der Waals surface area contributed by atoms with E-state index in [4.69, 9.17) is 5.10 Å². The molecule has 1 aromatic carbocycles. The molecule has 0 radical (unpaired) electrons. The van der Waals surface area contributed by atoms with Crippen molar-refractivity contribution in [2.45, 2.75) is 46.6 Å². The van der Waals surface area contributed by atoms with Crippen LogP contribution in [-0.4, -0.2) is 28.8 Å². The Hall–Kier alpha value is -1.77. The summed E-state index contributed by atoms with van der Waals surface area (Å²) >= 11 is 0. The minimum Gasteiger partial charge on any atom is -0.361 e. The van der Waals surface area contributed by atoms with Gasteiger partial charge >= 0.3 is 0 Å². The average molecular weight is 271 g/mol. The van der Waals surface area contributed by atoms with Gasteiger partial charge < -0.3 is 4.98 Å². The molecule has 2 rings (SSSR count). The first-order valence-electron chi connectivity index (χ1n) is 7.48. The number of fused-ring (bicyclic) bond motifs is 1. The summed E-state index contributed by atoms with van der Waals surface area (Å²) in [7, 11) is 2.04. The van der Waals surface area contributed by atoms with Crippen molar-refractivity contribution in [2.24, 2.45) is 5.10 Å². The molecule has 108 valence electrons. The Morgan fingerprint density at radius 2 is 2.00 bits per heavy atom. The standard InChI is InChI=1S/C17H25N3/c1-6-13-8-9-14(15-10-11-18-17(13)15)16(7-2)19-20(5)12(3)4/h8-12,18H,6-7H2,1-5H3/b19-16+. The molecule has 1 heterocycles. The number of H-pyrrole nitrogens is 1. The Balaban J connectivity index is 2.53. The lowest BCUT2D eigenvalue weighted by molar-refractivity contribution is 0.288. The molecule has 0 saturated heterocycles. The van der Waals surface area contributed by atoms with Crippen LogP contribution in [0.15, 0.2) is 29.5 Å². The third-order valence-electron chi connectivity index (χ3n) is 3.86. The second-order valence-electron chi connectivity index (χ2n) is 5.46. The first-order valence-corrected chi connectivity index (χ1v) is 7.48. The Bertz CT molecular complexity index is 608. The monoisotopic (exact) mass is 271 g/mol. The number of aromatic amines is 1. The van der Waals surface area contributed by atoms with E-state index < -0.39 is 0 Å². The summed E-state index contributed by atoms with van der Waals surface area (Å²) in [6, 6.07) is 7.00. The second-order valence-corrected chi connectivity index (χ2v) is 5.46. The molecule has 2 aromatic rings. The van der Waals surface area contributed by atoms with Gasteiger partial charge in [-0.05, 0) is 38.3 Å². The van der Waals surface area contributed by atoms with Gasteiger partial charge in [0, 0.05) is 35.8 Å². The third kappa shape index (κ3) is 2.72. The third-order valence-corrected chi connectivity index (χ3v) is 3.86. The van der Waals surface area contributed by atoms with Crippen LogP contribution in [0.5, 0.6) is 0 Å². The summed E-state index contributed by atoms with van der Waals surface area (Å²) in [5.74, 6) is 0. The molecule has 0 bridgehead atoms. The highest BCUT2D eigenvalue weighted by molar-refractivity contribution is 6.10. The molecule has 3 heteroatoms. The first kappa shape index (κ1) is 14.6. The van der Waals surface area contributed by atoms with Gasteiger partial charge in [0.15, 0.2) is 0 Å². The predicted octanol–water partition coefficient (Wildman–Crippen LogP) is 4.18. The van der Waals surface area contributed by atoms with Crippen LogP contribution >= 0.6 is 0 Å². The van der Waals surface area contributed by atoms with Crippen molar-refractivity contribution >= 4 is 16.6 Å². The number of rotatable bonds is 5. The largest absolute Gasteiger partial charge is 0.361 e. The second kappa shape index (κ2) is 6.12. The average Bonchev–Trinajstić information content (AvgIpc) is 2.92. The van der Waals surface area contributed by atoms with Crippen LogP contribution in [0.4, 0.5) is 0 Å². The van der Waals surface area contributed by atoms with Gasteiger partial charge in [0.2, 0.25) is 0 Å². The maximum atomic E-state index is 4.79. The fraction of sp³-hybridized carbons (Fsp3) is 0.471. The molecule has 1 N–H and O–H groups in total. The number of hydrazone groups is 1. The number of nitrogens with zero attached hydrogens (tertiary/aromatic N) is 2. The van der Waals surface area contributed by atoms with Gasteiger partial charge in [0.05, 0.1) is 5.71 Å². The Morgan fingerprint density at radius 3 is 2.60 bits per heavy atom. The van der Waals surface area contributed by atoms with E-state index in [9.17, 15) is 0 Å². The van der Waals surface area contributed by atoms with Crippen molar-refractivity contribution in [1.29, 1.82) is 0 Å². The molecule has 0 amide bonds. The van der Waals surface area contributed by atoms with Crippen LogP contribution in [0.1, 0.15) is 45.2 Å². The normalized spacial score (nSPS) is 12.4. The number of aryl methyl sites for hydroxylation is 1. The molecule has 20 heavy (non-hydrogen) atoms. The fourth-order valence-electron chi connectivity index (χ4n) is 2.38. The van der Waals surface area contributed by atoms with Gasteiger partial charge in [-0.1, -0.05) is 26.0 Å². The summed E-state index contributed by atoms with van der Waals surface area (Å²) in [4.78, 5) is 3.37. The predicted molar refractivity (Wildman–Crippen MR) is 87.4 cm³/mol. The highest BCUT2D eigenvalue weighted by Gasteiger charge is 2.11. The van der Waals surface area contributed by atoms with Crippen molar-refractivity contribution in [3.05, 3.63) is 35.5 Å². The van der Waals surface area contributed by atoms with Gasteiger partial charge in [-0.25, -0.2) is 0 Å². The summed E-state index contributed by atoms with van der Waals surface area (Å²) in [6.45, 7) is 8.67. The summed E-state index contributed by atoms with van der Waals surface area (Å²) in [5, 5.41) is 8.10. The van der Waals surface area contributed by atoms with Gasteiger partial charge in [0.1, 0.15) is 0 Å². The maximum absolute atomic E-state index is 4.79. The molecular formula is C17H25N3. The van der Waals surface area contributed by atoms with Crippen molar-refractivity contribution in [1.82, 2.24) is 9.99 Å². The zero-order valence-corrected chi connectivity index (χ0v) is 13.2. The van der Waals surface area contributed by atoms with Gasteiger partial charge in [-0.3, -0.25) is 5.01 Å². The Kier molecular flexibility index (Phi) is 4.48. The van der Waals surface area contributed by atoms with Crippen LogP contribution in [0.25, 0.3) is 10.9 Å². The Morgan fingerprint density at radius 1 is 1.25 bits per heavy atom. The molecule has 0 aliphatic carbocycles. The van der Waals surface area contributed by atoms with Crippen LogP contribution in [0.3, 0.4) is 0 Å². The number of hydrogen-bond acceptors (Lipinski definition) is 2. The molecular weight excluding hydrogens is 246 g/mol. The molecule has 0 fully saturated rings. The smallest absolute Gasteiger partial charge is 0.0681 e. The molecule has 0 aliphatic rings. The highest BCUT2D eigenvalue weighted by Crippen LogP contribution is 2.24. The lowest BCUT2D eigenvalue weighted by Gasteiger charge is -2.20. The lowest BCUT2D eigenvalue weighted by atomic mass is 9.99. The van der Waals surface area contributed by atoms with E-state index in [-0.39, 0.29) is 0 Å². The SMILES string of the molecule is CC/C(=N\N(C)C(C)C)c1ccc(CC)c2[nH]ccc12. The molecule has 0 unspecified atom stereocenters. The molecule has 0 saturated carbocycles. The summed E-state index contributed by atoms with van der Waals surface area (Å²) in [5.41, 5.74) is 5.00. The minimum absolute atomic E-state index is 0.410. The number of aromatic nitrogens is 1. The lowest BCUT2D eigenvalue weighted by Crippen LogP contribution is -2.22. The van der Waals surface area contributed by atoms with Crippen LogP contribution in [-0.2, 0) is 6.42 Å². The summed E-state index contributed by atoms with van der Waals surface area (Å²) < 4.78 is 0. The van der Waals surface area contributed by atoms with Crippen molar-refractivity contribution in [3.8, 4) is 0 Å². The van der Waals surface area contributed by atoms with Crippen molar-refractivity contribution in [2.75, 3.05) is 7.05 Å². The number of hydrogen-bond donors (Lipinski definition) is 1. The van der Waals surface area contributed by atoms with Crippen LogP contribution < -0.4 is 0 Å². The van der Waals surface area contributed by atoms with E-state index >= 15 is 0 Å². The van der Waals surface area contributed by atoms with E-state index in [1.807, 2.05) is 18.3 Å². The minimum atomic E-state index is 0.410. The van der Waals surface area contributed by atoms with E-state index in [2.05, 4.69) is 50.9 Å². The van der Waals surface area contributed by atoms with E-state index in [0.29, 0.717) is 6.04 Å². The highest BCUT2D eigenvalue weighted by atomic mass is 15.4. The first-order chi connectivity index (χ1) is 9.58. The topological polar surface area (TPSA) is 31.4 Å². The maximum Gasteiger partial charge on any atom is 0.0681 e. The Labute approximate surface area is 121 Å². The zero-order valence-electron chi connectivity index (χ0n) is 13.2. The van der Waals surface area contributed by atoms with E-state index in [1.165, 1.54) is 22.0 Å². The summed E-state index contributed by atoms with van der Waals surface area (Å²) in [6.07, 6.45) is 4.00. The van der Waals surface area contributed by atoms with Crippen molar-refractivity contribution in [3.63, 3.8) is 0 Å².